The van der Waals surface area contributed by atoms with E-state index in [0.29, 0.717) is 17.9 Å². The molecule has 0 radical (unpaired) electrons. The summed E-state index contributed by atoms with van der Waals surface area (Å²) in [5.74, 6) is 1.21. The topological polar surface area (TPSA) is 62.6 Å². The van der Waals surface area contributed by atoms with E-state index >= 15 is 0 Å². The van der Waals surface area contributed by atoms with E-state index < -0.39 is 0 Å². The Bertz CT molecular complexity index is 987. The molecule has 2 amide bonds. The molecule has 1 fully saturated rings. The molecule has 6 heteroatoms. The van der Waals surface area contributed by atoms with E-state index in [9.17, 15) is 9.59 Å². The molecular formula is C24H24N2O3S. The lowest BCUT2D eigenvalue weighted by Crippen LogP contribution is -2.28. The Kier molecular flexibility index (Phi) is 6.23. The van der Waals surface area contributed by atoms with Crippen LogP contribution in [0.1, 0.15) is 52.0 Å². The molecule has 1 N–H and O–H groups in total. The molecule has 2 atom stereocenters. The van der Waals surface area contributed by atoms with Crippen molar-refractivity contribution >= 4 is 23.6 Å². The first-order valence-corrected chi connectivity index (χ1v) is 11.1. The average molecular weight is 421 g/mol. The zero-order valence-electron chi connectivity index (χ0n) is 16.8. The number of carbonyl (C=O) groups is 2. The molecule has 5 nitrogen and oxygen atoms in total. The molecule has 0 saturated carbocycles. The first-order valence-electron chi connectivity index (χ1n) is 10.0. The van der Waals surface area contributed by atoms with E-state index in [-0.39, 0.29) is 23.2 Å². The summed E-state index contributed by atoms with van der Waals surface area (Å²) in [7, 11) is 0. The fourth-order valence-corrected chi connectivity index (χ4v) is 4.81. The molecule has 1 saturated heterocycles. The van der Waals surface area contributed by atoms with Crippen LogP contribution in [0.15, 0.2) is 77.4 Å². The second-order valence-electron chi connectivity index (χ2n) is 7.23. The van der Waals surface area contributed by atoms with Crippen LogP contribution in [0.3, 0.4) is 0 Å². The van der Waals surface area contributed by atoms with Crippen LogP contribution in [-0.4, -0.2) is 22.5 Å². The van der Waals surface area contributed by atoms with Crippen molar-refractivity contribution in [1.29, 1.82) is 0 Å². The predicted octanol–water partition coefficient (Wildman–Crippen LogP) is 4.93. The van der Waals surface area contributed by atoms with Gasteiger partial charge in [-0.05, 0) is 41.8 Å². The van der Waals surface area contributed by atoms with Gasteiger partial charge in [0.25, 0.3) is 5.91 Å². The standard InChI is InChI=1S/C24H24N2O3S/c1-2-21(17-7-4-3-5-8-17)25-23(28)18-10-12-19(13-11-18)24-26(22(27)16-30-24)15-20-9-6-14-29-20/h3-14,21,24H,2,15-16H2,1H3,(H,25,28). The molecule has 4 rings (SSSR count). The van der Waals surface area contributed by atoms with E-state index in [1.165, 1.54) is 0 Å². The highest BCUT2D eigenvalue weighted by molar-refractivity contribution is 8.00. The molecule has 1 aliphatic rings. The van der Waals surface area contributed by atoms with Gasteiger partial charge in [0.2, 0.25) is 5.91 Å². The SMILES string of the molecule is CCC(NC(=O)c1ccc(C2SCC(=O)N2Cc2ccco2)cc1)c1ccccc1. The van der Waals surface area contributed by atoms with Crippen molar-refractivity contribution in [2.75, 3.05) is 5.75 Å². The first-order chi connectivity index (χ1) is 14.7. The number of rotatable bonds is 7. The molecule has 2 aromatic carbocycles. The van der Waals surface area contributed by atoms with Crippen LogP contribution >= 0.6 is 11.8 Å². The summed E-state index contributed by atoms with van der Waals surface area (Å²) in [5, 5.41) is 3.04. The van der Waals surface area contributed by atoms with Gasteiger partial charge in [0.15, 0.2) is 0 Å². The highest BCUT2D eigenvalue weighted by atomic mass is 32.2. The summed E-state index contributed by atoms with van der Waals surface area (Å²) in [4.78, 5) is 26.9. The van der Waals surface area contributed by atoms with Gasteiger partial charge in [-0.1, -0.05) is 49.4 Å². The Hall–Kier alpha value is -2.99. The molecule has 0 bridgehead atoms. The van der Waals surface area contributed by atoms with Crippen LogP contribution in [0.5, 0.6) is 0 Å². The zero-order chi connectivity index (χ0) is 20.9. The summed E-state index contributed by atoms with van der Waals surface area (Å²) >= 11 is 1.59. The van der Waals surface area contributed by atoms with E-state index in [4.69, 9.17) is 4.42 Å². The lowest BCUT2D eigenvalue weighted by Gasteiger charge is -2.23. The Morgan fingerprint density at radius 2 is 1.90 bits per heavy atom. The second-order valence-corrected chi connectivity index (χ2v) is 8.30. The normalized spacial score (nSPS) is 17.2. The summed E-state index contributed by atoms with van der Waals surface area (Å²) in [5.41, 5.74) is 2.71. The lowest BCUT2D eigenvalue weighted by atomic mass is 10.0. The van der Waals surface area contributed by atoms with Gasteiger partial charge in [-0.15, -0.1) is 11.8 Å². The van der Waals surface area contributed by atoms with Crippen molar-refractivity contribution in [3.63, 3.8) is 0 Å². The predicted molar refractivity (Wildman–Crippen MR) is 118 cm³/mol. The summed E-state index contributed by atoms with van der Waals surface area (Å²) in [6.07, 6.45) is 2.43. The fourth-order valence-electron chi connectivity index (χ4n) is 3.62. The zero-order valence-corrected chi connectivity index (χ0v) is 17.6. The third kappa shape index (κ3) is 4.44. The van der Waals surface area contributed by atoms with Gasteiger partial charge in [0.05, 0.1) is 24.6 Å². The highest BCUT2D eigenvalue weighted by Gasteiger charge is 2.33. The number of furan rings is 1. The molecule has 30 heavy (non-hydrogen) atoms. The Morgan fingerprint density at radius 1 is 1.13 bits per heavy atom. The summed E-state index contributed by atoms with van der Waals surface area (Å²) in [6, 6.07) is 21.2. The maximum Gasteiger partial charge on any atom is 0.251 e. The van der Waals surface area contributed by atoms with Crippen molar-refractivity contribution in [3.8, 4) is 0 Å². The molecular weight excluding hydrogens is 396 g/mol. The molecule has 0 spiro atoms. The molecule has 154 valence electrons. The maximum atomic E-state index is 12.8. The van der Waals surface area contributed by atoms with Crippen LogP contribution in [-0.2, 0) is 11.3 Å². The van der Waals surface area contributed by atoms with Crippen molar-refractivity contribution in [2.45, 2.75) is 31.3 Å². The van der Waals surface area contributed by atoms with Crippen molar-refractivity contribution < 1.29 is 14.0 Å². The van der Waals surface area contributed by atoms with Gasteiger partial charge in [-0.25, -0.2) is 0 Å². The Labute approximate surface area is 180 Å². The maximum absolute atomic E-state index is 12.8. The van der Waals surface area contributed by atoms with Crippen molar-refractivity contribution in [3.05, 3.63) is 95.4 Å². The number of nitrogens with zero attached hydrogens (tertiary/aromatic N) is 1. The van der Waals surface area contributed by atoms with Crippen LogP contribution in [0, 0.1) is 0 Å². The third-order valence-electron chi connectivity index (χ3n) is 5.25. The number of hydrogen-bond donors (Lipinski definition) is 1. The lowest BCUT2D eigenvalue weighted by molar-refractivity contribution is -0.128. The largest absolute Gasteiger partial charge is 0.467 e. The van der Waals surface area contributed by atoms with Crippen molar-refractivity contribution in [1.82, 2.24) is 10.2 Å². The van der Waals surface area contributed by atoms with Crippen molar-refractivity contribution in [2.24, 2.45) is 0 Å². The minimum Gasteiger partial charge on any atom is -0.467 e. The van der Waals surface area contributed by atoms with E-state index in [0.717, 1.165) is 23.3 Å². The van der Waals surface area contributed by atoms with Gasteiger partial charge in [-0.2, -0.15) is 0 Å². The third-order valence-corrected chi connectivity index (χ3v) is 6.50. The average Bonchev–Trinajstić information content (AvgIpc) is 3.43. The number of carbonyl (C=O) groups excluding carboxylic acids is 2. The minimum absolute atomic E-state index is 0.0230. The van der Waals surface area contributed by atoms with E-state index in [2.05, 4.69) is 12.2 Å². The number of thioether (sulfide) groups is 1. The van der Waals surface area contributed by atoms with E-state index in [1.807, 2.05) is 71.6 Å². The van der Waals surface area contributed by atoms with Gasteiger partial charge in [0, 0.05) is 5.56 Å². The van der Waals surface area contributed by atoms with Gasteiger partial charge in [0.1, 0.15) is 11.1 Å². The highest BCUT2D eigenvalue weighted by Crippen LogP contribution is 2.39. The minimum atomic E-state index is -0.0974. The van der Waals surface area contributed by atoms with Crippen LogP contribution in [0.25, 0.3) is 0 Å². The van der Waals surface area contributed by atoms with Gasteiger partial charge in [-0.3, -0.25) is 9.59 Å². The number of benzene rings is 2. The Balaban J connectivity index is 1.45. The molecule has 3 aromatic rings. The molecule has 2 heterocycles. The van der Waals surface area contributed by atoms with E-state index in [1.54, 1.807) is 18.0 Å². The van der Waals surface area contributed by atoms with Gasteiger partial charge >= 0.3 is 0 Å². The molecule has 2 unspecified atom stereocenters. The quantitative estimate of drug-likeness (QED) is 0.588. The molecule has 0 aliphatic carbocycles. The summed E-state index contributed by atoms with van der Waals surface area (Å²) in [6.45, 7) is 2.50. The number of hydrogen-bond acceptors (Lipinski definition) is 4. The summed E-state index contributed by atoms with van der Waals surface area (Å²) < 4.78 is 5.41. The molecule has 1 aliphatic heterocycles. The first kappa shape index (κ1) is 20.3. The number of amides is 2. The fraction of sp³-hybridized carbons (Fsp3) is 0.250. The second kappa shape index (κ2) is 9.22. The Morgan fingerprint density at radius 3 is 2.57 bits per heavy atom. The van der Waals surface area contributed by atoms with Crippen LogP contribution in [0.4, 0.5) is 0 Å². The number of nitrogens with one attached hydrogen (secondary N) is 1. The smallest absolute Gasteiger partial charge is 0.251 e. The molecule has 1 aromatic heterocycles. The van der Waals surface area contributed by atoms with Gasteiger partial charge < -0.3 is 14.6 Å². The van der Waals surface area contributed by atoms with Crippen LogP contribution in [0.2, 0.25) is 0 Å². The van der Waals surface area contributed by atoms with Crippen LogP contribution < -0.4 is 5.32 Å². The monoisotopic (exact) mass is 420 g/mol.